The van der Waals surface area contributed by atoms with E-state index >= 15 is 0 Å². The van der Waals surface area contributed by atoms with Crippen LogP contribution < -0.4 is 11.1 Å². The zero-order chi connectivity index (χ0) is 15.6. The Hall–Kier alpha value is -2.71. The molecule has 0 saturated heterocycles. The lowest BCUT2D eigenvalue weighted by atomic mass is 10.1. The highest BCUT2D eigenvalue weighted by Crippen LogP contribution is 2.28. The molecule has 0 aliphatic heterocycles. The number of hydrogen-bond donors (Lipinski definition) is 3. The summed E-state index contributed by atoms with van der Waals surface area (Å²) in [6.45, 7) is 1.72. The first-order chi connectivity index (χ1) is 9.92. The average Bonchev–Trinajstić information content (AvgIpc) is 2.42. The molecule has 6 heteroatoms. The minimum atomic E-state index is -1.11. The van der Waals surface area contributed by atoms with E-state index in [1.807, 2.05) is 6.07 Å². The van der Waals surface area contributed by atoms with Gasteiger partial charge in [0.2, 0.25) is 0 Å². The molecule has 0 unspecified atom stereocenters. The van der Waals surface area contributed by atoms with Gasteiger partial charge in [-0.2, -0.15) is 5.26 Å². The number of halogens is 1. The van der Waals surface area contributed by atoms with Crippen LogP contribution in [0.1, 0.15) is 21.5 Å². The molecule has 0 aromatic heterocycles. The van der Waals surface area contributed by atoms with Crippen molar-refractivity contribution in [2.45, 2.75) is 6.92 Å². The molecular formula is C15H12ClN3O2. The Balaban J connectivity index is 2.48. The molecule has 0 spiro atoms. The van der Waals surface area contributed by atoms with Gasteiger partial charge < -0.3 is 16.2 Å². The van der Waals surface area contributed by atoms with Crippen molar-refractivity contribution < 1.29 is 9.90 Å². The summed E-state index contributed by atoms with van der Waals surface area (Å²) < 4.78 is 0. The number of nitriles is 1. The van der Waals surface area contributed by atoms with Crippen LogP contribution in [0.5, 0.6) is 0 Å². The SMILES string of the molecule is Cc1cc(Nc2cc(Cl)ccc2C#N)cc(C(=O)O)c1N. The van der Waals surface area contributed by atoms with Crippen LogP contribution in [0.3, 0.4) is 0 Å². The second-order valence-electron chi connectivity index (χ2n) is 4.49. The molecule has 2 rings (SSSR count). The molecule has 0 heterocycles. The van der Waals surface area contributed by atoms with E-state index in [1.54, 1.807) is 31.2 Å². The fourth-order valence-electron chi connectivity index (χ4n) is 1.92. The summed E-state index contributed by atoms with van der Waals surface area (Å²) in [7, 11) is 0. The van der Waals surface area contributed by atoms with Crippen molar-refractivity contribution >= 4 is 34.6 Å². The normalized spacial score (nSPS) is 9.95. The van der Waals surface area contributed by atoms with Crippen LogP contribution >= 0.6 is 11.6 Å². The maximum absolute atomic E-state index is 11.2. The van der Waals surface area contributed by atoms with E-state index in [4.69, 9.17) is 27.7 Å². The summed E-state index contributed by atoms with van der Waals surface area (Å²) in [5.74, 6) is -1.11. The predicted molar refractivity (Wildman–Crippen MR) is 82.0 cm³/mol. The lowest BCUT2D eigenvalue weighted by Gasteiger charge is -2.12. The molecule has 0 saturated carbocycles. The lowest BCUT2D eigenvalue weighted by Crippen LogP contribution is -2.06. The molecule has 21 heavy (non-hydrogen) atoms. The van der Waals surface area contributed by atoms with Gasteiger partial charge in [-0.05, 0) is 42.8 Å². The summed E-state index contributed by atoms with van der Waals surface area (Å²) >= 11 is 5.91. The summed E-state index contributed by atoms with van der Waals surface area (Å²) in [6.07, 6.45) is 0. The quantitative estimate of drug-likeness (QED) is 0.753. The van der Waals surface area contributed by atoms with Crippen LogP contribution in [-0.4, -0.2) is 11.1 Å². The highest BCUT2D eigenvalue weighted by molar-refractivity contribution is 6.30. The zero-order valence-electron chi connectivity index (χ0n) is 11.1. The third kappa shape index (κ3) is 3.07. The molecule has 0 fully saturated rings. The minimum Gasteiger partial charge on any atom is -0.478 e. The number of nitrogens with two attached hydrogens (primary N) is 1. The van der Waals surface area contributed by atoms with Crippen LogP contribution in [0, 0.1) is 18.3 Å². The highest BCUT2D eigenvalue weighted by Gasteiger charge is 2.12. The first-order valence-corrected chi connectivity index (χ1v) is 6.40. The standard InChI is InChI=1S/C15H12ClN3O2/c1-8-4-11(6-12(14(8)18)15(20)21)19-13-5-10(16)3-2-9(13)7-17/h2-6,19H,18H2,1H3,(H,20,21). The molecule has 4 N–H and O–H groups in total. The molecule has 5 nitrogen and oxygen atoms in total. The first-order valence-electron chi connectivity index (χ1n) is 6.02. The van der Waals surface area contributed by atoms with Gasteiger partial charge in [0.05, 0.1) is 16.8 Å². The van der Waals surface area contributed by atoms with Gasteiger partial charge in [-0.1, -0.05) is 11.6 Å². The minimum absolute atomic E-state index is 0.0121. The topological polar surface area (TPSA) is 99.1 Å². The van der Waals surface area contributed by atoms with Gasteiger partial charge in [0.1, 0.15) is 6.07 Å². The predicted octanol–water partition coefficient (Wildman–Crippen LogP) is 3.54. The van der Waals surface area contributed by atoms with Crippen LogP contribution in [0.25, 0.3) is 0 Å². The first kappa shape index (κ1) is 14.7. The van der Waals surface area contributed by atoms with Crippen molar-refractivity contribution in [3.8, 4) is 6.07 Å². The van der Waals surface area contributed by atoms with E-state index in [0.717, 1.165) is 0 Å². The van der Waals surface area contributed by atoms with Gasteiger partial charge >= 0.3 is 5.97 Å². The van der Waals surface area contributed by atoms with E-state index in [1.165, 1.54) is 6.07 Å². The van der Waals surface area contributed by atoms with E-state index in [-0.39, 0.29) is 11.3 Å². The number of aryl methyl sites for hydroxylation is 1. The fourth-order valence-corrected chi connectivity index (χ4v) is 2.09. The molecule has 2 aromatic carbocycles. The number of nitrogens with one attached hydrogen (secondary N) is 1. The van der Waals surface area contributed by atoms with Crippen LogP contribution in [0.2, 0.25) is 5.02 Å². The van der Waals surface area contributed by atoms with Gasteiger partial charge in [0.25, 0.3) is 0 Å². The Labute approximate surface area is 126 Å². The zero-order valence-corrected chi connectivity index (χ0v) is 11.9. The Morgan fingerprint density at radius 3 is 2.71 bits per heavy atom. The van der Waals surface area contributed by atoms with E-state index < -0.39 is 5.97 Å². The molecule has 0 bridgehead atoms. The van der Waals surface area contributed by atoms with Crippen molar-refractivity contribution in [1.82, 2.24) is 0 Å². The van der Waals surface area contributed by atoms with Gasteiger partial charge in [-0.3, -0.25) is 0 Å². The van der Waals surface area contributed by atoms with Crippen molar-refractivity contribution in [2.75, 3.05) is 11.1 Å². The maximum atomic E-state index is 11.2. The van der Waals surface area contributed by atoms with Crippen LogP contribution in [0.15, 0.2) is 30.3 Å². The van der Waals surface area contributed by atoms with Crippen molar-refractivity contribution in [3.63, 3.8) is 0 Å². The Kier molecular flexibility index (Phi) is 4.01. The summed E-state index contributed by atoms with van der Waals surface area (Å²) in [5.41, 5.74) is 8.05. The lowest BCUT2D eigenvalue weighted by molar-refractivity contribution is 0.0698. The third-order valence-corrected chi connectivity index (χ3v) is 3.23. The molecular weight excluding hydrogens is 290 g/mol. The molecule has 106 valence electrons. The van der Waals surface area contributed by atoms with Crippen LogP contribution in [0.4, 0.5) is 17.1 Å². The molecule has 0 amide bonds. The monoisotopic (exact) mass is 301 g/mol. The fraction of sp³-hybridized carbons (Fsp3) is 0.0667. The van der Waals surface area contributed by atoms with Gasteiger partial charge in [0, 0.05) is 16.4 Å². The van der Waals surface area contributed by atoms with Gasteiger partial charge in [-0.15, -0.1) is 0 Å². The van der Waals surface area contributed by atoms with E-state index in [2.05, 4.69) is 5.32 Å². The average molecular weight is 302 g/mol. The number of nitrogen functional groups attached to an aromatic ring is 1. The third-order valence-electron chi connectivity index (χ3n) is 3.00. The molecule has 0 atom stereocenters. The Bertz CT molecular complexity index is 766. The van der Waals surface area contributed by atoms with E-state index in [0.29, 0.717) is 27.5 Å². The number of anilines is 3. The molecule has 0 aliphatic rings. The van der Waals surface area contributed by atoms with Gasteiger partial charge in [-0.25, -0.2) is 4.79 Å². The number of hydrogen-bond acceptors (Lipinski definition) is 4. The number of rotatable bonds is 3. The van der Waals surface area contributed by atoms with Crippen molar-refractivity contribution in [2.24, 2.45) is 0 Å². The number of carboxylic acids is 1. The number of carbonyl (C=O) groups is 1. The maximum Gasteiger partial charge on any atom is 0.337 e. The second-order valence-corrected chi connectivity index (χ2v) is 4.92. The molecule has 0 aliphatic carbocycles. The molecule has 2 aromatic rings. The number of aromatic carboxylic acids is 1. The van der Waals surface area contributed by atoms with Crippen molar-refractivity contribution in [3.05, 3.63) is 52.0 Å². The van der Waals surface area contributed by atoms with Crippen molar-refractivity contribution in [1.29, 1.82) is 5.26 Å². The number of benzene rings is 2. The summed E-state index contributed by atoms with van der Waals surface area (Å²) in [4.78, 5) is 11.2. The Morgan fingerprint density at radius 1 is 1.38 bits per heavy atom. The number of nitrogens with zero attached hydrogens (tertiary/aromatic N) is 1. The number of carboxylic acid groups (broad SMARTS) is 1. The largest absolute Gasteiger partial charge is 0.478 e. The highest BCUT2D eigenvalue weighted by atomic mass is 35.5. The molecule has 0 radical (unpaired) electrons. The Morgan fingerprint density at radius 2 is 2.10 bits per heavy atom. The second kappa shape index (κ2) is 5.73. The van der Waals surface area contributed by atoms with Crippen LogP contribution in [-0.2, 0) is 0 Å². The smallest absolute Gasteiger partial charge is 0.337 e. The summed E-state index contributed by atoms with van der Waals surface area (Å²) in [6, 6.07) is 9.99. The van der Waals surface area contributed by atoms with Gasteiger partial charge in [0.15, 0.2) is 0 Å². The van der Waals surface area contributed by atoms with E-state index in [9.17, 15) is 4.79 Å². The summed E-state index contributed by atoms with van der Waals surface area (Å²) in [5, 5.41) is 21.7.